The van der Waals surface area contributed by atoms with Crippen LogP contribution in [0.3, 0.4) is 0 Å². The minimum Gasteiger partial charge on any atom is -0.354 e. The van der Waals surface area contributed by atoms with Gasteiger partial charge in [-0.15, -0.1) is 0 Å². The summed E-state index contributed by atoms with van der Waals surface area (Å²) in [6.07, 6.45) is 7.36. The van der Waals surface area contributed by atoms with Crippen LogP contribution in [0.2, 0.25) is 0 Å². The van der Waals surface area contributed by atoms with Gasteiger partial charge >= 0.3 is 0 Å². The maximum absolute atomic E-state index is 11.8. The van der Waals surface area contributed by atoms with Gasteiger partial charge in [0.15, 0.2) is 0 Å². The summed E-state index contributed by atoms with van der Waals surface area (Å²) in [5.41, 5.74) is 0.349. The summed E-state index contributed by atoms with van der Waals surface area (Å²) in [5, 5.41) is 7.67. The number of carbonyl (C=O) groups is 1. The second-order valence-electron chi connectivity index (χ2n) is 5.34. The van der Waals surface area contributed by atoms with Crippen molar-refractivity contribution < 1.29 is 13.2 Å². The van der Waals surface area contributed by atoms with Gasteiger partial charge in [0.25, 0.3) is 5.91 Å². The van der Waals surface area contributed by atoms with Gasteiger partial charge in [-0.2, -0.15) is 0 Å². The summed E-state index contributed by atoms with van der Waals surface area (Å²) in [5.74, 6) is 0.198. The lowest BCUT2D eigenvalue weighted by Gasteiger charge is -2.22. The molecule has 2 rings (SSSR count). The van der Waals surface area contributed by atoms with Crippen molar-refractivity contribution >= 4 is 15.9 Å². The molecular formula is C13H21N3O3S. The first-order chi connectivity index (χ1) is 9.41. The smallest absolute Gasteiger partial charge is 0.267 e. The number of amides is 1. The molecule has 1 heterocycles. The number of hydrogen-bond acceptors (Lipinski definition) is 3. The SMILES string of the molecule is CNC(=O)c1cc(S(N)(=O)=O)cn1CC1CCCCC1. The predicted octanol–water partition coefficient (Wildman–Crippen LogP) is 1.08. The van der Waals surface area contributed by atoms with Gasteiger partial charge in [-0.1, -0.05) is 19.3 Å². The van der Waals surface area contributed by atoms with Gasteiger partial charge in [-0.25, -0.2) is 13.6 Å². The number of primary sulfonamides is 1. The van der Waals surface area contributed by atoms with Crippen LogP contribution in [-0.2, 0) is 16.6 Å². The lowest BCUT2D eigenvalue weighted by atomic mass is 9.89. The van der Waals surface area contributed by atoms with Crippen LogP contribution in [0.4, 0.5) is 0 Å². The lowest BCUT2D eigenvalue weighted by molar-refractivity contribution is 0.0952. The molecule has 1 amide bonds. The number of nitrogens with two attached hydrogens (primary N) is 1. The van der Waals surface area contributed by atoms with Gasteiger partial charge in [0.2, 0.25) is 10.0 Å². The van der Waals surface area contributed by atoms with Gasteiger partial charge in [0, 0.05) is 19.8 Å². The monoisotopic (exact) mass is 299 g/mol. The van der Waals surface area contributed by atoms with E-state index in [1.165, 1.54) is 38.6 Å². The van der Waals surface area contributed by atoms with Crippen molar-refractivity contribution in [2.45, 2.75) is 43.5 Å². The molecule has 6 nitrogen and oxygen atoms in total. The van der Waals surface area contributed by atoms with Gasteiger partial charge in [0.05, 0.1) is 0 Å². The molecule has 7 heteroatoms. The minimum absolute atomic E-state index is 0.00749. The fourth-order valence-corrected chi connectivity index (χ4v) is 3.31. The van der Waals surface area contributed by atoms with Crippen molar-refractivity contribution in [3.63, 3.8) is 0 Å². The molecule has 0 radical (unpaired) electrons. The lowest BCUT2D eigenvalue weighted by Crippen LogP contribution is -2.23. The van der Waals surface area contributed by atoms with Gasteiger partial charge in [-0.05, 0) is 24.8 Å². The number of hydrogen-bond donors (Lipinski definition) is 2. The fraction of sp³-hybridized carbons (Fsp3) is 0.615. The second-order valence-corrected chi connectivity index (χ2v) is 6.90. The zero-order chi connectivity index (χ0) is 14.8. The van der Waals surface area contributed by atoms with Crippen LogP contribution in [0.5, 0.6) is 0 Å². The summed E-state index contributed by atoms with van der Waals surface area (Å²) in [6.45, 7) is 0.665. The van der Waals surface area contributed by atoms with E-state index < -0.39 is 10.0 Å². The van der Waals surface area contributed by atoms with Gasteiger partial charge in [-0.3, -0.25) is 4.79 Å². The van der Waals surface area contributed by atoms with E-state index in [-0.39, 0.29) is 10.8 Å². The standard InChI is InChI=1S/C13H21N3O3S/c1-15-13(17)12-7-11(20(14,18)19)9-16(12)8-10-5-3-2-4-6-10/h7,9-10H,2-6,8H2,1H3,(H,15,17)(H2,14,18,19). The molecule has 0 saturated heterocycles. The summed E-state index contributed by atoms with van der Waals surface area (Å²) in [6, 6.07) is 1.34. The molecule has 1 saturated carbocycles. The number of aromatic nitrogens is 1. The summed E-state index contributed by atoms with van der Waals surface area (Å²) in [4.78, 5) is 11.8. The topological polar surface area (TPSA) is 94.2 Å². The van der Waals surface area contributed by atoms with Crippen LogP contribution >= 0.6 is 0 Å². The molecule has 1 fully saturated rings. The number of nitrogens with zero attached hydrogens (tertiary/aromatic N) is 1. The Bertz CT molecular complexity index is 586. The number of rotatable bonds is 4. The summed E-state index contributed by atoms with van der Waals surface area (Å²) < 4.78 is 24.6. The maximum Gasteiger partial charge on any atom is 0.267 e. The zero-order valence-corrected chi connectivity index (χ0v) is 12.4. The van der Waals surface area contributed by atoms with Crippen LogP contribution in [-0.4, -0.2) is 25.9 Å². The maximum atomic E-state index is 11.8. The molecule has 1 aromatic rings. The summed E-state index contributed by atoms with van der Waals surface area (Å²) >= 11 is 0. The molecule has 112 valence electrons. The zero-order valence-electron chi connectivity index (χ0n) is 11.6. The van der Waals surface area contributed by atoms with E-state index in [1.807, 2.05) is 0 Å². The normalized spacial score (nSPS) is 17.1. The van der Waals surface area contributed by atoms with Crippen LogP contribution in [0.15, 0.2) is 17.2 Å². The van der Waals surface area contributed by atoms with E-state index in [0.29, 0.717) is 18.2 Å². The molecule has 0 aliphatic heterocycles. The molecule has 1 aromatic heterocycles. The average molecular weight is 299 g/mol. The minimum atomic E-state index is -3.79. The van der Waals surface area contributed by atoms with Crippen molar-refractivity contribution in [2.75, 3.05) is 7.05 Å². The Balaban J connectivity index is 2.29. The van der Waals surface area contributed by atoms with Crippen molar-refractivity contribution in [1.29, 1.82) is 0 Å². The Morgan fingerprint density at radius 2 is 2.05 bits per heavy atom. The fourth-order valence-electron chi connectivity index (χ4n) is 2.76. The Morgan fingerprint density at radius 3 is 2.60 bits per heavy atom. The highest BCUT2D eigenvalue weighted by atomic mass is 32.2. The number of sulfonamides is 1. The molecule has 20 heavy (non-hydrogen) atoms. The molecule has 0 bridgehead atoms. The van der Waals surface area contributed by atoms with Gasteiger partial charge < -0.3 is 9.88 Å². The van der Waals surface area contributed by atoms with E-state index in [4.69, 9.17) is 5.14 Å². The summed E-state index contributed by atoms with van der Waals surface area (Å²) in [7, 11) is -2.26. The first kappa shape index (κ1) is 15.1. The van der Waals surface area contributed by atoms with E-state index in [0.717, 1.165) is 12.8 Å². The first-order valence-corrected chi connectivity index (χ1v) is 8.41. The third-order valence-corrected chi connectivity index (χ3v) is 4.72. The largest absolute Gasteiger partial charge is 0.354 e. The molecule has 1 aliphatic rings. The van der Waals surface area contributed by atoms with Crippen LogP contribution < -0.4 is 10.5 Å². The quantitative estimate of drug-likeness (QED) is 0.871. The molecule has 3 N–H and O–H groups in total. The van der Waals surface area contributed by atoms with E-state index in [9.17, 15) is 13.2 Å². The Labute approximate surface area is 119 Å². The molecule has 0 aromatic carbocycles. The number of nitrogens with one attached hydrogen (secondary N) is 1. The highest BCUT2D eigenvalue weighted by molar-refractivity contribution is 7.89. The Kier molecular flexibility index (Phi) is 4.49. The van der Waals surface area contributed by atoms with E-state index in [1.54, 1.807) is 4.57 Å². The second kappa shape index (κ2) is 5.97. The predicted molar refractivity (Wildman–Crippen MR) is 75.8 cm³/mol. The van der Waals surface area contributed by atoms with Crippen molar-refractivity contribution in [3.8, 4) is 0 Å². The highest BCUT2D eigenvalue weighted by Crippen LogP contribution is 2.26. The molecular weight excluding hydrogens is 278 g/mol. The van der Waals surface area contributed by atoms with E-state index >= 15 is 0 Å². The van der Waals surface area contributed by atoms with E-state index in [2.05, 4.69) is 5.32 Å². The Morgan fingerprint density at radius 1 is 1.40 bits per heavy atom. The van der Waals surface area contributed by atoms with Crippen molar-refractivity contribution in [3.05, 3.63) is 18.0 Å². The van der Waals surface area contributed by atoms with Crippen molar-refractivity contribution in [1.82, 2.24) is 9.88 Å². The number of carbonyl (C=O) groups excluding carboxylic acids is 1. The molecule has 0 unspecified atom stereocenters. The highest BCUT2D eigenvalue weighted by Gasteiger charge is 2.21. The first-order valence-electron chi connectivity index (χ1n) is 6.87. The van der Waals surface area contributed by atoms with Crippen LogP contribution in [0, 0.1) is 5.92 Å². The Hall–Kier alpha value is -1.34. The third kappa shape index (κ3) is 3.40. The average Bonchev–Trinajstić information content (AvgIpc) is 2.83. The molecule has 0 spiro atoms. The van der Waals surface area contributed by atoms with Crippen LogP contribution in [0.1, 0.15) is 42.6 Å². The third-order valence-electron chi connectivity index (χ3n) is 3.84. The molecule has 1 aliphatic carbocycles. The van der Waals surface area contributed by atoms with Crippen LogP contribution in [0.25, 0.3) is 0 Å². The van der Waals surface area contributed by atoms with Gasteiger partial charge in [0.1, 0.15) is 10.6 Å². The molecule has 0 atom stereocenters. The van der Waals surface area contributed by atoms with Crippen molar-refractivity contribution in [2.24, 2.45) is 11.1 Å².